The first-order valence-electron chi connectivity index (χ1n) is 6.46. The molecule has 0 aliphatic carbocycles. The van der Waals surface area contributed by atoms with Gasteiger partial charge in [-0.15, -0.1) is 0 Å². The number of hydrogen-bond donors (Lipinski definition) is 2. The van der Waals surface area contributed by atoms with Gasteiger partial charge in [-0.05, 0) is 37.3 Å². The number of carbonyl (C=O) groups is 1. The zero-order valence-corrected chi connectivity index (χ0v) is 11.9. The van der Waals surface area contributed by atoms with Crippen LogP contribution in [0.1, 0.15) is 28.4 Å². The van der Waals surface area contributed by atoms with Crippen LogP contribution >= 0.6 is 0 Å². The van der Waals surface area contributed by atoms with E-state index in [1.54, 1.807) is 0 Å². The molecule has 23 heavy (non-hydrogen) atoms. The normalized spacial score (nSPS) is 11.1. The molecule has 0 aromatic heterocycles. The standard InChI is InChI=1S/C16H12F3NO3/c1-9(21)15-13(22)3-2-4-14(15)23-11-6-5-10(8-20)12(7-11)16(17,18)19/h2-8,20,22H,1H3. The lowest BCUT2D eigenvalue weighted by atomic mass is 10.1. The Balaban J connectivity index is 2.48. The first-order chi connectivity index (χ1) is 10.7. The van der Waals surface area contributed by atoms with E-state index in [1.165, 1.54) is 31.2 Å². The minimum Gasteiger partial charge on any atom is -0.507 e. The van der Waals surface area contributed by atoms with Gasteiger partial charge in [0, 0.05) is 11.8 Å². The Morgan fingerprint density at radius 1 is 1.26 bits per heavy atom. The van der Waals surface area contributed by atoms with Crippen LogP contribution < -0.4 is 4.74 Å². The van der Waals surface area contributed by atoms with Gasteiger partial charge in [-0.2, -0.15) is 13.2 Å². The number of rotatable bonds is 4. The highest BCUT2D eigenvalue weighted by Gasteiger charge is 2.33. The largest absolute Gasteiger partial charge is 0.507 e. The highest BCUT2D eigenvalue weighted by molar-refractivity contribution is 5.99. The van der Waals surface area contributed by atoms with Crippen molar-refractivity contribution in [3.8, 4) is 17.2 Å². The van der Waals surface area contributed by atoms with Crippen LogP contribution in [0.2, 0.25) is 0 Å². The summed E-state index contributed by atoms with van der Waals surface area (Å²) in [4.78, 5) is 11.6. The molecular formula is C16H12F3NO3. The van der Waals surface area contributed by atoms with Gasteiger partial charge in [0.25, 0.3) is 0 Å². The van der Waals surface area contributed by atoms with Gasteiger partial charge in [0.2, 0.25) is 0 Å². The highest BCUT2D eigenvalue weighted by atomic mass is 19.4. The quantitative estimate of drug-likeness (QED) is 0.647. The van der Waals surface area contributed by atoms with E-state index in [9.17, 15) is 23.1 Å². The van der Waals surface area contributed by atoms with Gasteiger partial charge < -0.3 is 15.3 Å². The van der Waals surface area contributed by atoms with Crippen molar-refractivity contribution in [1.29, 1.82) is 5.41 Å². The number of Topliss-reactive ketones (excluding diaryl/α,β-unsaturated/α-hetero) is 1. The Kier molecular flexibility index (Phi) is 4.40. The molecule has 2 aromatic carbocycles. The zero-order valence-electron chi connectivity index (χ0n) is 11.9. The number of phenols is 1. The van der Waals surface area contributed by atoms with Gasteiger partial charge in [0.1, 0.15) is 22.8 Å². The van der Waals surface area contributed by atoms with Crippen molar-refractivity contribution in [2.24, 2.45) is 0 Å². The summed E-state index contributed by atoms with van der Waals surface area (Å²) in [5.41, 5.74) is -1.43. The molecule has 2 aromatic rings. The van der Waals surface area contributed by atoms with Crippen LogP contribution in [-0.4, -0.2) is 17.1 Å². The average molecular weight is 323 g/mol. The Labute approximate surface area is 129 Å². The van der Waals surface area contributed by atoms with E-state index in [2.05, 4.69) is 0 Å². The summed E-state index contributed by atoms with van der Waals surface area (Å²) >= 11 is 0. The highest BCUT2D eigenvalue weighted by Crippen LogP contribution is 2.36. The minimum atomic E-state index is -4.64. The van der Waals surface area contributed by atoms with Gasteiger partial charge >= 0.3 is 6.18 Å². The molecule has 0 atom stereocenters. The fourth-order valence-electron chi connectivity index (χ4n) is 2.06. The van der Waals surface area contributed by atoms with E-state index in [4.69, 9.17) is 10.1 Å². The third-order valence-corrected chi connectivity index (χ3v) is 3.07. The lowest BCUT2D eigenvalue weighted by molar-refractivity contribution is -0.137. The van der Waals surface area contributed by atoms with E-state index >= 15 is 0 Å². The molecule has 0 aliphatic heterocycles. The van der Waals surface area contributed by atoms with Crippen molar-refractivity contribution >= 4 is 12.0 Å². The number of benzene rings is 2. The van der Waals surface area contributed by atoms with Gasteiger partial charge in [0.05, 0.1) is 5.56 Å². The van der Waals surface area contributed by atoms with Crippen LogP contribution in [0.25, 0.3) is 0 Å². The second-order valence-corrected chi connectivity index (χ2v) is 4.70. The monoisotopic (exact) mass is 323 g/mol. The van der Waals surface area contributed by atoms with Crippen LogP contribution in [0, 0.1) is 5.41 Å². The lowest BCUT2D eigenvalue weighted by Gasteiger charge is -2.14. The molecule has 0 amide bonds. The van der Waals surface area contributed by atoms with E-state index in [1.807, 2.05) is 0 Å². The second kappa shape index (κ2) is 6.12. The first kappa shape index (κ1) is 16.5. The summed E-state index contributed by atoms with van der Waals surface area (Å²) < 4.78 is 44.2. The molecule has 0 aliphatic rings. The number of halogens is 3. The summed E-state index contributed by atoms with van der Waals surface area (Å²) in [6.45, 7) is 1.21. The first-order valence-corrected chi connectivity index (χ1v) is 6.46. The molecule has 120 valence electrons. The predicted molar refractivity (Wildman–Crippen MR) is 77.5 cm³/mol. The number of ether oxygens (including phenoxy) is 1. The third-order valence-electron chi connectivity index (χ3n) is 3.07. The fraction of sp³-hybridized carbons (Fsp3) is 0.125. The Bertz CT molecular complexity index is 770. The fourth-order valence-corrected chi connectivity index (χ4v) is 2.06. The zero-order chi connectivity index (χ0) is 17.2. The number of carbonyl (C=O) groups excluding carboxylic acids is 1. The van der Waals surface area contributed by atoms with E-state index < -0.39 is 17.5 Å². The molecule has 0 radical (unpaired) electrons. The number of nitrogens with one attached hydrogen (secondary N) is 1. The van der Waals surface area contributed by atoms with Crippen molar-refractivity contribution in [2.45, 2.75) is 13.1 Å². The number of alkyl halides is 3. The molecule has 0 saturated heterocycles. The second-order valence-electron chi connectivity index (χ2n) is 4.70. The Morgan fingerprint density at radius 3 is 2.52 bits per heavy atom. The molecular weight excluding hydrogens is 311 g/mol. The SMILES string of the molecule is CC(=O)c1c(O)cccc1Oc1ccc(C=N)c(C(F)(F)F)c1. The number of hydrogen-bond acceptors (Lipinski definition) is 4. The summed E-state index contributed by atoms with van der Waals surface area (Å²) in [6, 6.07) is 7.16. The number of phenolic OH excluding ortho intramolecular Hbond substituents is 1. The van der Waals surface area contributed by atoms with E-state index in [0.29, 0.717) is 6.21 Å². The van der Waals surface area contributed by atoms with Crippen LogP contribution in [0.3, 0.4) is 0 Å². The maximum Gasteiger partial charge on any atom is 0.417 e. The smallest absolute Gasteiger partial charge is 0.417 e. The number of ketones is 1. The molecule has 0 unspecified atom stereocenters. The Hall–Kier alpha value is -2.83. The minimum absolute atomic E-state index is 0.0479. The molecule has 0 bridgehead atoms. The molecule has 0 fully saturated rings. The molecule has 0 saturated carbocycles. The van der Waals surface area contributed by atoms with E-state index in [0.717, 1.165) is 12.1 Å². The van der Waals surface area contributed by atoms with Gasteiger partial charge in [-0.3, -0.25) is 4.79 Å². The van der Waals surface area contributed by atoms with Crippen LogP contribution in [0.5, 0.6) is 17.2 Å². The number of aromatic hydroxyl groups is 1. The van der Waals surface area contributed by atoms with Crippen LogP contribution in [-0.2, 0) is 6.18 Å². The molecule has 2 N–H and O–H groups in total. The van der Waals surface area contributed by atoms with Crippen molar-refractivity contribution in [2.75, 3.05) is 0 Å². The topological polar surface area (TPSA) is 70.4 Å². The maximum atomic E-state index is 13.0. The van der Waals surface area contributed by atoms with Crippen molar-refractivity contribution in [3.05, 3.63) is 53.1 Å². The third kappa shape index (κ3) is 3.50. The predicted octanol–water partition coefficient (Wildman–Crippen LogP) is 4.40. The summed E-state index contributed by atoms with van der Waals surface area (Å²) in [6.07, 6.45) is -4.05. The molecule has 0 spiro atoms. The maximum absolute atomic E-state index is 13.0. The molecule has 0 heterocycles. The summed E-state index contributed by atoms with van der Waals surface area (Å²) in [5, 5.41) is 16.7. The Morgan fingerprint density at radius 2 is 1.96 bits per heavy atom. The van der Waals surface area contributed by atoms with Crippen LogP contribution in [0.4, 0.5) is 13.2 Å². The van der Waals surface area contributed by atoms with Gasteiger partial charge in [0.15, 0.2) is 5.78 Å². The van der Waals surface area contributed by atoms with Gasteiger partial charge in [-0.1, -0.05) is 6.07 Å². The molecule has 2 rings (SSSR count). The van der Waals surface area contributed by atoms with E-state index in [-0.39, 0.29) is 28.4 Å². The van der Waals surface area contributed by atoms with Crippen molar-refractivity contribution < 1.29 is 27.8 Å². The average Bonchev–Trinajstić information content (AvgIpc) is 2.46. The van der Waals surface area contributed by atoms with Gasteiger partial charge in [-0.25, -0.2) is 0 Å². The van der Waals surface area contributed by atoms with Crippen molar-refractivity contribution in [1.82, 2.24) is 0 Å². The summed E-state index contributed by atoms with van der Waals surface area (Å²) in [7, 11) is 0. The van der Waals surface area contributed by atoms with Crippen LogP contribution in [0.15, 0.2) is 36.4 Å². The molecule has 4 nitrogen and oxygen atoms in total. The summed E-state index contributed by atoms with van der Waals surface area (Å²) in [5.74, 6) is -1.00. The lowest BCUT2D eigenvalue weighted by Crippen LogP contribution is -2.09. The van der Waals surface area contributed by atoms with Crippen molar-refractivity contribution in [3.63, 3.8) is 0 Å². The molecule has 7 heteroatoms.